The van der Waals surface area contributed by atoms with E-state index in [1.54, 1.807) is 36.7 Å². The molecule has 0 aliphatic heterocycles. The molecule has 0 fully saturated rings. The monoisotopic (exact) mass is 342 g/mol. The molecule has 3 aromatic rings. The molecule has 7 heteroatoms. The number of carbonyl (C=O) groups excluding carboxylic acids is 2. The van der Waals surface area contributed by atoms with Crippen molar-refractivity contribution in [3.05, 3.63) is 58.5 Å². The maximum Gasteiger partial charge on any atom is 0.262 e. The molecule has 3 heterocycles. The van der Waals surface area contributed by atoms with Gasteiger partial charge < -0.3 is 10.6 Å². The van der Waals surface area contributed by atoms with Gasteiger partial charge in [0.1, 0.15) is 5.54 Å². The number of fused-ring (bicyclic) bond motifs is 1. The zero-order chi connectivity index (χ0) is 17.2. The number of nitrogens with one attached hydrogen (secondary N) is 2. The minimum absolute atomic E-state index is 0.248. The van der Waals surface area contributed by atoms with E-state index in [1.165, 1.54) is 11.3 Å². The lowest BCUT2D eigenvalue weighted by Crippen LogP contribution is -2.54. The maximum atomic E-state index is 12.5. The number of hydrogen-bond donors (Lipinski definition) is 2. The fourth-order valence-corrected chi connectivity index (χ4v) is 2.95. The highest BCUT2D eigenvalue weighted by molar-refractivity contribution is 7.12. The fraction of sp³-hybridized carbons (Fsp3) is 0.235. The molecule has 3 aromatic heterocycles. The first-order chi connectivity index (χ1) is 11.5. The quantitative estimate of drug-likeness (QED) is 0.746. The standard InChI is InChI=1S/C17H18N4O2S/c1-17(2,20-15(22)14-7-5-9-24-14)16(23)18-10-12-11-19-21-8-4-3-6-13(12)21/h3-9,11H,10H2,1-2H3,(H,18,23)(H,20,22). The van der Waals surface area contributed by atoms with Gasteiger partial charge in [0.25, 0.3) is 5.91 Å². The van der Waals surface area contributed by atoms with Crippen LogP contribution in [0.1, 0.15) is 29.1 Å². The first kappa shape index (κ1) is 16.2. The summed E-state index contributed by atoms with van der Waals surface area (Å²) in [7, 11) is 0. The van der Waals surface area contributed by atoms with Gasteiger partial charge in [-0.25, -0.2) is 4.52 Å². The van der Waals surface area contributed by atoms with E-state index in [9.17, 15) is 9.59 Å². The summed E-state index contributed by atoms with van der Waals surface area (Å²) in [5, 5.41) is 11.7. The number of carbonyl (C=O) groups is 2. The summed E-state index contributed by atoms with van der Waals surface area (Å²) in [6.07, 6.45) is 3.58. The second-order valence-electron chi connectivity index (χ2n) is 5.94. The van der Waals surface area contributed by atoms with Crippen LogP contribution in [0, 0.1) is 0 Å². The predicted octanol–water partition coefficient (Wildman–Crippen LogP) is 2.22. The number of rotatable bonds is 5. The van der Waals surface area contributed by atoms with Crippen molar-refractivity contribution in [2.75, 3.05) is 0 Å². The molecule has 0 bridgehead atoms. The minimum atomic E-state index is -1.01. The van der Waals surface area contributed by atoms with Crippen LogP contribution < -0.4 is 10.6 Å². The molecular formula is C17H18N4O2S. The van der Waals surface area contributed by atoms with E-state index in [2.05, 4.69) is 15.7 Å². The predicted molar refractivity (Wildman–Crippen MR) is 92.9 cm³/mol. The van der Waals surface area contributed by atoms with Gasteiger partial charge in [-0.05, 0) is 37.4 Å². The summed E-state index contributed by atoms with van der Waals surface area (Å²) in [6, 6.07) is 9.29. The van der Waals surface area contributed by atoms with E-state index in [4.69, 9.17) is 0 Å². The first-order valence-corrected chi connectivity index (χ1v) is 8.41. The Morgan fingerprint density at radius 1 is 1.25 bits per heavy atom. The topological polar surface area (TPSA) is 75.5 Å². The van der Waals surface area contributed by atoms with Crippen LogP contribution in [-0.4, -0.2) is 27.0 Å². The average Bonchev–Trinajstić information content (AvgIpc) is 3.22. The van der Waals surface area contributed by atoms with Gasteiger partial charge in [0.2, 0.25) is 5.91 Å². The molecule has 0 unspecified atom stereocenters. The SMILES string of the molecule is CC(C)(NC(=O)c1cccs1)C(=O)NCc1cnn2ccccc12. The Hall–Kier alpha value is -2.67. The van der Waals surface area contributed by atoms with Crippen LogP contribution in [0.25, 0.3) is 5.52 Å². The van der Waals surface area contributed by atoms with E-state index in [0.29, 0.717) is 11.4 Å². The third kappa shape index (κ3) is 3.30. The maximum absolute atomic E-state index is 12.5. The van der Waals surface area contributed by atoms with Crippen molar-refractivity contribution in [2.45, 2.75) is 25.9 Å². The second-order valence-corrected chi connectivity index (χ2v) is 6.89. The summed E-state index contributed by atoms with van der Waals surface area (Å²) in [5.41, 5.74) is 0.854. The van der Waals surface area contributed by atoms with Crippen molar-refractivity contribution in [2.24, 2.45) is 0 Å². The molecule has 0 saturated heterocycles. The molecule has 0 aliphatic carbocycles. The molecule has 0 saturated carbocycles. The summed E-state index contributed by atoms with van der Waals surface area (Å²) >= 11 is 1.34. The Labute approximate surface area is 143 Å². The molecule has 2 N–H and O–H groups in total. The molecule has 6 nitrogen and oxygen atoms in total. The van der Waals surface area contributed by atoms with Crippen molar-refractivity contribution in [3.63, 3.8) is 0 Å². The van der Waals surface area contributed by atoms with Gasteiger partial charge in [-0.1, -0.05) is 12.1 Å². The smallest absolute Gasteiger partial charge is 0.262 e. The van der Waals surface area contributed by atoms with E-state index in [-0.39, 0.29) is 11.8 Å². The van der Waals surface area contributed by atoms with Crippen molar-refractivity contribution in [1.29, 1.82) is 0 Å². The molecule has 124 valence electrons. The molecule has 0 atom stereocenters. The molecule has 0 radical (unpaired) electrons. The Kier molecular flexibility index (Phi) is 4.35. The summed E-state index contributed by atoms with van der Waals surface area (Å²) in [6.45, 7) is 3.72. The van der Waals surface area contributed by atoms with Crippen LogP contribution in [0.5, 0.6) is 0 Å². The highest BCUT2D eigenvalue weighted by atomic mass is 32.1. The molecule has 0 aliphatic rings. The normalized spacial score (nSPS) is 11.4. The summed E-state index contributed by atoms with van der Waals surface area (Å²) in [4.78, 5) is 25.2. The number of aromatic nitrogens is 2. The highest BCUT2D eigenvalue weighted by Crippen LogP contribution is 2.13. The van der Waals surface area contributed by atoms with Crippen LogP contribution in [-0.2, 0) is 11.3 Å². The number of nitrogens with zero attached hydrogens (tertiary/aromatic N) is 2. The van der Waals surface area contributed by atoms with Gasteiger partial charge in [0.15, 0.2) is 0 Å². The van der Waals surface area contributed by atoms with Crippen LogP contribution in [0.2, 0.25) is 0 Å². The van der Waals surface area contributed by atoms with Gasteiger partial charge in [-0.15, -0.1) is 11.3 Å². The number of pyridine rings is 1. The number of amides is 2. The van der Waals surface area contributed by atoms with Gasteiger partial charge in [-0.3, -0.25) is 9.59 Å². The Bertz CT molecular complexity index is 868. The van der Waals surface area contributed by atoms with Crippen molar-refractivity contribution in [1.82, 2.24) is 20.2 Å². The van der Waals surface area contributed by atoms with Gasteiger partial charge in [0, 0.05) is 18.3 Å². The summed E-state index contributed by atoms with van der Waals surface area (Å²) < 4.78 is 1.76. The molecule has 2 amide bonds. The van der Waals surface area contributed by atoms with E-state index >= 15 is 0 Å². The van der Waals surface area contributed by atoms with Crippen LogP contribution in [0.3, 0.4) is 0 Å². The van der Waals surface area contributed by atoms with E-state index in [0.717, 1.165) is 11.1 Å². The van der Waals surface area contributed by atoms with Gasteiger partial charge >= 0.3 is 0 Å². The highest BCUT2D eigenvalue weighted by Gasteiger charge is 2.30. The van der Waals surface area contributed by atoms with Crippen molar-refractivity contribution < 1.29 is 9.59 Å². The lowest BCUT2D eigenvalue weighted by molar-refractivity contribution is -0.126. The van der Waals surface area contributed by atoms with Gasteiger partial charge in [-0.2, -0.15) is 5.10 Å². The molecule has 24 heavy (non-hydrogen) atoms. The Balaban J connectivity index is 1.64. The van der Waals surface area contributed by atoms with E-state index in [1.807, 2.05) is 29.8 Å². The second kappa shape index (κ2) is 6.45. The third-order valence-corrected chi connectivity index (χ3v) is 4.55. The molecular weight excluding hydrogens is 324 g/mol. The van der Waals surface area contributed by atoms with E-state index < -0.39 is 5.54 Å². The zero-order valence-electron chi connectivity index (χ0n) is 13.4. The lowest BCUT2D eigenvalue weighted by atomic mass is 10.0. The third-order valence-electron chi connectivity index (χ3n) is 3.68. The van der Waals surface area contributed by atoms with Crippen molar-refractivity contribution in [3.8, 4) is 0 Å². The van der Waals surface area contributed by atoms with Crippen LogP contribution in [0.4, 0.5) is 0 Å². The molecule has 0 spiro atoms. The van der Waals surface area contributed by atoms with Crippen LogP contribution >= 0.6 is 11.3 Å². The molecule has 3 rings (SSSR count). The largest absolute Gasteiger partial charge is 0.350 e. The number of hydrogen-bond acceptors (Lipinski definition) is 4. The fourth-order valence-electron chi connectivity index (χ4n) is 2.33. The van der Waals surface area contributed by atoms with Gasteiger partial charge in [0.05, 0.1) is 16.6 Å². The number of thiophene rings is 1. The van der Waals surface area contributed by atoms with Crippen LogP contribution in [0.15, 0.2) is 48.1 Å². The first-order valence-electron chi connectivity index (χ1n) is 7.53. The zero-order valence-corrected chi connectivity index (χ0v) is 14.3. The minimum Gasteiger partial charge on any atom is -0.350 e. The Morgan fingerprint density at radius 2 is 2.08 bits per heavy atom. The molecule has 0 aromatic carbocycles. The lowest BCUT2D eigenvalue weighted by Gasteiger charge is -2.24. The average molecular weight is 342 g/mol. The summed E-state index contributed by atoms with van der Waals surface area (Å²) in [5.74, 6) is -0.496. The Morgan fingerprint density at radius 3 is 2.83 bits per heavy atom. The van der Waals surface area contributed by atoms with Crippen molar-refractivity contribution >= 4 is 28.7 Å².